The van der Waals surface area contributed by atoms with Gasteiger partial charge >= 0.3 is 0 Å². The van der Waals surface area contributed by atoms with Crippen LogP contribution in [-0.4, -0.2) is 22.2 Å². The summed E-state index contributed by atoms with van der Waals surface area (Å²) in [4.78, 5) is 9.28. The van der Waals surface area contributed by atoms with Crippen LogP contribution in [-0.2, 0) is 0 Å². The zero-order chi connectivity index (χ0) is 19.1. The van der Waals surface area contributed by atoms with Crippen molar-refractivity contribution in [1.82, 2.24) is 9.97 Å². The first-order valence-corrected chi connectivity index (χ1v) is 9.48. The minimum atomic E-state index is 0.219. The van der Waals surface area contributed by atoms with Crippen LogP contribution in [0.5, 0.6) is 5.88 Å². The highest BCUT2D eigenvalue weighted by Gasteiger charge is 2.19. The molecular formula is C23H20N2O3. The van der Waals surface area contributed by atoms with Crippen molar-refractivity contribution in [2.75, 3.05) is 7.11 Å². The Morgan fingerprint density at radius 1 is 1.07 bits per heavy atom. The molecule has 5 nitrogen and oxygen atoms in total. The predicted octanol–water partition coefficient (Wildman–Crippen LogP) is 3.62. The van der Waals surface area contributed by atoms with E-state index in [1.807, 2.05) is 30.3 Å². The van der Waals surface area contributed by atoms with Gasteiger partial charge in [0.15, 0.2) is 5.82 Å². The Labute approximate surface area is 162 Å². The fourth-order valence-corrected chi connectivity index (χ4v) is 3.91. The zero-order valence-corrected chi connectivity index (χ0v) is 15.6. The van der Waals surface area contributed by atoms with Gasteiger partial charge in [0, 0.05) is 27.8 Å². The van der Waals surface area contributed by atoms with Crippen LogP contribution in [0.25, 0.3) is 28.2 Å². The third-order valence-electron chi connectivity index (χ3n) is 5.29. The van der Waals surface area contributed by atoms with Crippen molar-refractivity contribution < 1.29 is 14.3 Å². The van der Waals surface area contributed by atoms with Gasteiger partial charge in [-0.05, 0) is 37.8 Å². The molecule has 2 aromatic heterocycles. The first kappa shape index (κ1) is 16.8. The molecule has 2 aliphatic carbocycles. The van der Waals surface area contributed by atoms with Crippen molar-refractivity contribution in [3.63, 3.8) is 0 Å². The average molecular weight is 372 g/mol. The van der Waals surface area contributed by atoms with E-state index >= 15 is 0 Å². The molecule has 2 aliphatic rings. The zero-order valence-electron chi connectivity index (χ0n) is 15.6. The van der Waals surface area contributed by atoms with Crippen LogP contribution in [0.3, 0.4) is 0 Å². The van der Waals surface area contributed by atoms with Crippen LogP contribution in [0.2, 0.25) is 0 Å². The Kier molecular flexibility index (Phi) is 4.01. The number of hydrogen-bond donors (Lipinski definition) is 1. The molecule has 0 saturated carbocycles. The van der Waals surface area contributed by atoms with E-state index in [1.54, 1.807) is 13.2 Å². The van der Waals surface area contributed by atoms with Gasteiger partial charge in [-0.1, -0.05) is 30.4 Å². The lowest BCUT2D eigenvalue weighted by Gasteiger charge is -2.14. The predicted molar refractivity (Wildman–Crippen MR) is 108 cm³/mol. The van der Waals surface area contributed by atoms with Gasteiger partial charge in [0.25, 0.3) is 0 Å². The van der Waals surface area contributed by atoms with Crippen LogP contribution in [0.15, 0.2) is 52.7 Å². The summed E-state index contributed by atoms with van der Waals surface area (Å²) in [6.45, 7) is 0. The van der Waals surface area contributed by atoms with E-state index in [9.17, 15) is 5.11 Å². The molecule has 28 heavy (non-hydrogen) atoms. The van der Waals surface area contributed by atoms with E-state index in [4.69, 9.17) is 14.1 Å². The molecule has 0 unspecified atom stereocenters. The van der Waals surface area contributed by atoms with Crippen molar-refractivity contribution in [2.24, 2.45) is 0 Å². The highest BCUT2D eigenvalue weighted by Crippen LogP contribution is 2.29. The topological polar surface area (TPSA) is 68.4 Å². The second-order valence-electron chi connectivity index (χ2n) is 6.99. The van der Waals surface area contributed by atoms with Crippen LogP contribution in [0.1, 0.15) is 37.2 Å². The lowest BCUT2D eigenvalue weighted by Crippen LogP contribution is -2.27. The molecule has 0 atom stereocenters. The quantitative estimate of drug-likeness (QED) is 0.760. The molecule has 0 amide bonds. The third kappa shape index (κ3) is 2.71. The molecule has 0 saturated heterocycles. The highest BCUT2D eigenvalue weighted by molar-refractivity contribution is 5.81. The molecular weight excluding hydrogens is 352 g/mol. The van der Waals surface area contributed by atoms with Crippen molar-refractivity contribution in [2.45, 2.75) is 25.7 Å². The van der Waals surface area contributed by atoms with Gasteiger partial charge in [0.2, 0.25) is 5.88 Å². The first-order chi connectivity index (χ1) is 13.7. The average Bonchev–Trinajstić information content (AvgIpc) is 3.12. The molecule has 2 heterocycles. The van der Waals surface area contributed by atoms with Gasteiger partial charge in [0.05, 0.1) is 12.8 Å². The van der Waals surface area contributed by atoms with Crippen LogP contribution < -0.4 is 15.4 Å². The fourth-order valence-electron chi connectivity index (χ4n) is 3.91. The molecule has 5 heteroatoms. The Balaban J connectivity index is 1.77. The first-order valence-electron chi connectivity index (χ1n) is 9.48. The Morgan fingerprint density at radius 2 is 1.93 bits per heavy atom. The highest BCUT2D eigenvalue weighted by atomic mass is 16.5. The minimum Gasteiger partial charge on any atom is -0.508 e. The molecule has 5 rings (SSSR count). The second kappa shape index (κ2) is 6.68. The number of hydrogen-bond acceptors (Lipinski definition) is 5. The molecule has 140 valence electrons. The summed E-state index contributed by atoms with van der Waals surface area (Å²) >= 11 is 0. The largest absolute Gasteiger partial charge is 0.508 e. The summed E-state index contributed by atoms with van der Waals surface area (Å²) < 4.78 is 11.6. The van der Waals surface area contributed by atoms with Gasteiger partial charge < -0.3 is 14.3 Å². The van der Waals surface area contributed by atoms with E-state index in [-0.39, 0.29) is 5.76 Å². The maximum absolute atomic E-state index is 10.3. The summed E-state index contributed by atoms with van der Waals surface area (Å²) in [6.07, 6.45) is 9.20. The SMILES string of the molecule is COc1cc(C2=c3oc4ccccc4c3=CCC2)nc(C2=C(O)C=CCC2)n1. The standard InChI is InChI=1S/C23H20N2O3/c1-27-21-13-18(24-23(25-21)17-8-2-4-11-19(17)26)16-10-6-9-15-14-7-3-5-12-20(14)28-22(15)16/h3-5,7,9,11-13,26H,2,6,8,10H2,1H3. The van der Waals surface area contributed by atoms with Crippen molar-refractivity contribution >= 4 is 28.2 Å². The number of ether oxygens (including phenoxy) is 1. The summed E-state index contributed by atoms with van der Waals surface area (Å²) in [6, 6.07) is 9.92. The monoisotopic (exact) mass is 372 g/mol. The number of rotatable bonds is 3. The Hall–Kier alpha value is -3.34. The third-order valence-corrected chi connectivity index (χ3v) is 5.29. The number of methoxy groups -OCH3 is 1. The number of fused-ring (bicyclic) bond motifs is 3. The molecule has 1 aromatic carbocycles. The van der Waals surface area contributed by atoms with Crippen molar-refractivity contribution in [1.29, 1.82) is 0 Å². The maximum atomic E-state index is 10.3. The number of furan rings is 1. The normalized spacial score (nSPS) is 16.2. The molecule has 1 N–H and O–H groups in total. The number of allylic oxidation sites excluding steroid dienone is 3. The smallest absolute Gasteiger partial charge is 0.217 e. The van der Waals surface area contributed by atoms with E-state index in [2.05, 4.69) is 17.1 Å². The van der Waals surface area contributed by atoms with E-state index in [1.165, 1.54) is 0 Å². The van der Waals surface area contributed by atoms with Gasteiger partial charge in [-0.2, -0.15) is 4.98 Å². The van der Waals surface area contributed by atoms with Gasteiger partial charge in [-0.3, -0.25) is 0 Å². The van der Waals surface area contributed by atoms with Crippen LogP contribution in [0, 0.1) is 0 Å². The van der Waals surface area contributed by atoms with Gasteiger partial charge in [-0.25, -0.2) is 4.98 Å². The lowest BCUT2D eigenvalue weighted by molar-refractivity contribution is 0.395. The number of aromatic nitrogens is 2. The molecule has 0 aliphatic heterocycles. The molecule has 0 spiro atoms. The van der Waals surface area contributed by atoms with Crippen LogP contribution in [0.4, 0.5) is 0 Å². The summed E-state index contributed by atoms with van der Waals surface area (Å²) in [5.74, 6) is 1.21. The number of para-hydroxylation sites is 1. The van der Waals surface area contributed by atoms with E-state index < -0.39 is 0 Å². The molecule has 0 fully saturated rings. The second-order valence-corrected chi connectivity index (χ2v) is 6.99. The summed E-state index contributed by atoms with van der Waals surface area (Å²) in [5, 5.41) is 12.5. The van der Waals surface area contributed by atoms with Crippen LogP contribution >= 0.6 is 0 Å². The number of benzene rings is 1. The maximum Gasteiger partial charge on any atom is 0.217 e. The summed E-state index contributed by atoms with van der Waals surface area (Å²) in [7, 11) is 1.59. The minimum absolute atomic E-state index is 0.219. The Morgan fingerprint density at radius 3 is 2.79 bits per heavy atom. The molecule has 0 bridgehead atoms. The number of aliphatic hydroxyl groups is 1. The lowest BCUT2D eigenvalue weighted by atomic mass is 9.99. The van der Waals surface area contributed by atoms with Crippen molar-refractivity contribution in [3.05, 3.63) is 70.4 Å². The summed E-state index contributed by atoms with van der Waals surface area (Å²) in [5.41, 5.74) is 4.31. The number of nitrogens with zero attached hydrogens (tertiary/aromatic N) is 2. The van der Waals surface area contributed by atoms with Gasteiger partial charge in [-0.15, -0.1) is 0 Å². The Bertz CT molecular complexity index is 1260. The number of aliphatic hydroxyl groups excluding tert-OH is 1. The van der Waals surface area contributed by atoms with E-state index in [0.717, 1.165) is 57.7 Å². The molecule has 0 radical (unpaired) electrons. The van der Waals surface area contributed by atoms with E-state index in [0.29, 0.717) is 18.1 Å². The molecule has 3 aromatic rings. The van der Waals surface area contributed by atoms with Crippen molar-refractivity contribution in [3.8, 4) is 5.88 Å². The van der Waals surface area contributed by atoms with Gasteiger partial charge in [0.1, 0.15) is 16.8 Å². The fraction of sp³-hybridized carbons (Fsp3) is 0.217.